The third-order valence-corrected chi connectivity index (χ3v) is 4.97. The molecule has 1 saturated carbocycles. The number of carbonyl (C=O) groups is 1. The summed E-state index contributed by atoms with van der Waals surface area (Å²) >= 11 is 0. The summed E-state index contributed by atoms with van der Waals surface area (Å²) in [5, 5.41) is 6.75. The Morgan fingerprint density at radius 3 is 2.29 bits per heavy atom. The molecule has 2 rings (SSSR count). The Kier molecular flexibility index (Phi) is 7.35. The molecule has 2 fully saturated rings. The van der Waals surface area contributed by atoms with Gasteiger partial charge in [0.25, 0.3) is 0 Å². The van der Waals surface area contributed by atoms with Crippen LogP contribution in [0.15, 0.2) is 0 Å². The predicted octanol–water partition coefficient (Wildman–Crippen LogP) is 3.14. The van der Waals surface area contributed by atoms with Gasteiger partial charge in [-0.3, -0.25) is 0 Å². The van der Waals surface area contributed by atoms with Gasteiger partial charge in [0.15, 0.2) is 0 Å². The van der Waals surface area contributed by atoms with Crippen LogP contribution in [0.2, 0.25) is 0 Å². The second-order valence-electron chi connectivity index (χ2n) is 8.72. The zero-order valence-corrected chi connectivity index (χ0v) is 16.1. The van der Waals surface area contributed by atoms with Crippen LogP contribution in [0.4, 0.5) is 4.79 Å². The lowest BCUT2D eigenvalue weighted by molar-refractivity contribution is 0.0489. The Balaban J connectivity index is 1.57. The zero-order valence-electron chi connectivity index (χ0n) is 16.1. The van der Waals surface area contributed by atoms with Crippen molar-refractivity contribution in [2.45, 2.75) is 83.9 Å². The number of hydrogen-bond donors (Lipinski definition) is 2. The van der Waals surface area contributed by atoms with Crippen molar-refractivity contribution < 1.29 is 9.53 Å². The zero-order chi connectivity index (χ0) is 17.6. The van der Waals surface area contributed by atoms with Gasteiger partial charge in [0, 0.05) is 18.6 Å². The van der Waals surface area contributed by atoms with Crippen molar-refractivity contribution in [3.05, 3.63) is 0 Å². The maximum Gasteiger partial charge on any atom is 0.407 e. The van der Waals surface area contributed by atoms with Crippen LogP contribution < -0.4 is 10.6 Å². The predicted molar refractivity (Wildman–Crippen MR) is 98.3 cm³/mol. The molecule has 2 N–H and O–H groups in total. The molecule has 0 radical (unpaired) electrons. The van der Waals surface area contributed by atoms with E-state index in [0.717, 1.165) is 32.2 Å². The van der Waals surface area contributed by atoms with E-state index in [9.17, 15) is 4.79 Å². The van der Waals surface area contributed by atoms with Crippen LogP contribution in [0.3, 0.4) is 0 Å². The van der Waals surface area contributed by atoms with Crippen LogP contribution in [-0.4, -0.2) is 54.9 Å². The Labute approximate surface area is 147 Å². The van der Waals surface area contributed by atoms with Crippen molar-refractivity contribution in [2.24, 2.45) is 5.92 Å². The number of likely N-dealkylation sites (tertiary alicyclic amines) is 1. The number of amides is 1. The molecule has 2 aliphatic rings. The highest BCUT2D eigenvalue weighted by molar-refractivity contribution is 5.68. The average Bonchev–Trinajstić information content (AvgIpc) is 2.97. The van der Waals surface area contributed by atoms with Gasteiger partial charge in [0.1, 0.15) is 5.60 Å². The van der Waals surface area contributed by atoms with Gasteiger partial charge in [-0.25, -0.2) is 4.79 Å². The molecule has 0 aromatic carbocycles. The Hall–Kier alpha value is -0.810. The summed E-state index contributed by atoms with van der Waals surface area (Å²) in [7, 11) is 0. The molecule has 0 bridgehead atoms. The minimum atomic E-state index is -0.422. The average molecular weight is 340 g/mol. The second kappa shape index (κ2) is 9.04. The highest BCUT2D eigenvalue weighted by Crippen LogP contribution is 2.20. The van der Waals surface area contributed by atoms with Crippen LogP contribution in [0.1, 0.15) is 66.2 Å². The van der Waals surface area contributed by atoms with Gasteiger partial charge in [-0.05, 0) is 84.8 Å². The summed E-state index contributed by atoms with van der Waals surface area (Å²) < 4.78 is 5.34. The number of nitrogens with zero attached hydrogens (tertiary/aromatic N) is 1. The largest absolute Gasteiger partial charge is 0.444 e. The molecule has 140 valence electrons. The van der Waals surface area contributed by atoms with Gasteiger partial charge in [-0.15, -0.1) is 0 Å². The summed E-state index contributed by atoms with van der Waals surface area (Å²) in [4.78, 5) is 14.4. The smallest absolute Gasteiger partial charge is 0.407 e. The Morgan fingerprint density at radius 1 is 1.12 bits per heavy atom. The molecule has 5 nitrogen and oxygen atoms in total. The van der Waals surface area contributed by atoms with E-state index in [4.69, 9.17) is 4.74 Å². The number of alkyl carbamates (subject to hydrolysis) is 1. The molecule has 1 saturated heterocycles. The lowest BCUT2D eigenvalue weighted by Gasteiger charge is -2.31. The first kappa shape index (κ1) is 19.5. The molecule has 24 heavy (non-hydrogen) atoms. The number of nitrogens with one attached hydrogen (secondary N) is 2. The lowest BCUT2D eigenvalue weighted by Crippen LogP contribution is -2.45. The number of ether oxygens (including phenoxy) is 1. The van der Waals surface area contributed by atoms with E-state index in [1.807, 2.05) is 20.8 Å². The molecule has 0 aromatic rings. The van der Waals surface area contributed by atoms with Crippen molar-refractivity contribution in [3.8, 4) is 0 Å². The normalized spacial score (nSPS) is 27.0. The van der Waals surface area contributed by atoms with E-state index in [-0.39, 0.29) is 12.1 Å². The first-order valence-corrected chi connectivity index (χ1v) is 9.77. The van der Waals surface area contributed by atoms with Gasteiger partial charge >= 0.3 is 6.09 Å². The third kappa shape index (κ3) is 7.39. The van der Waals surface area contributed by atoms with Crippen LogP contribution in [0.5, 0.6) is 0 Å². The molecule has 5 heteroatoms. The first-order chi connectivity index (χ1) is 11.3. The summed E-state index contributed by atoms with van der Waals surface area (Å²) in [5.74, 6) is 0.709. The van der Waals surface area contributed by atoms with Gasteiger partial charge in [0.2, 0.25) is 0 Å². The molecular formula is C19H37N3O2. The van der Waals surface area contributed by atoms with Gasteiger partial charge in [-0.1, -0.05) is 6.92 Å². The minimum absolute atomic E-state index is 0.264. The molecule has 1 unspecified atom stereocenters. The summed E-state index contributed by atoms with van der Waals surface area (Å²) in [6.45, 7) is 12.9. The lowest BCUT2D eigenvalue weighted by atomic mass is 9.91. The Bertz CT molecular complexity index is 381. The standard InChI is InChI=1S/C19H37N3O2/c1-15(14-22-11-5-6-12-22)13-20-16-7-9-17(10-8-16)21-18(23)24-19(2,3)4/h15-17,20H,5-14H2,1-4H3,(H,21,23). The molecule has 1 heterocycles. The topological polar surface area (TPSA) is 53.6 Å². The fourth-order valence-electron chi connectivity index (χ4n) is 3.75. The summed E-state index contributed by atoms with van der Waals surface area (Å²) in [6, 6.07) is 0.864. The van der Waals surface area contributed by atoms with E-state index in [1.165, 1.54) is 32.5 Å². The summed E-state index contributed by atoms with van der Waals surface area (Å²) in [6.07, 6.45) is 6.81. The van der Waals surface area contributed by atoms with Crippen molar-refractivity contribution in [2.75, 3.05) is 26.2 Å². The van der Waals surface area contributed by atoms with E-state index in [0.29, 0.717) is 12.0 Å². The molecule has 1 aliphatic heterocycles. The molecule has 0 spiro atoms. The fraction of sp³-hybridized carbons (Fsp3) is 0.947. The van der Waals surface area contributed by atoms with Crippen molar-refractivity contribution in [1.82, 2.24) is 15.5 Å². The highest BCUT2D eigenvalue weighted by Gasteiger charge is 2.25. The number of rotatable bonds is 6. The second-order valence-corrected chi connectivity index (χ2v) is 8.72. The SMILES string of the molecule is CC(CNC1CCC(NC(=O)OC(C)(C)C)CC1)CN1CCCC1. The number of carbonyl (C=O) groups excluding carboxylic acids is 1. The highest BCUT2D eigenvalue weighted by atomic mass is 16.6. The minimum Gasteiger partial charge on any atom is -0.444 e. The third-order valence-electron chi connectivity index (χ3n) is 4.97. The van der Waals surface area contributed by atoms with Crippen molar-refractivity contribution >= 4 is 6.09 Å². The van der Waals surface area contributed by atoms with Crippen LogP contribution in [0.25, 0.3) is 0 Å². The molecule has 1 aliphatic carbocycles. The van der Waals surface area contributed by atoms with Gasteiger partial charge < -0.3 is 20.3 Å². The van der Waals surface area contributed by atoms with E-state index < -0.39 is 5.60 Å². The van der Waals surface area contributed by atoms with Crippen molar-refractivity contribution in [1.29, 1.82) is 0 Å². The van der Waals surface area contributed by atoms with E-state index >= 15 is 0 Å². The monoisotopic (exact) mass is 339 g/mol. The quantitative estimate of drug-likeness (QED) is 0.780. The van der Waals surface area contributed by atoms with E-state index in [1.54, 1.807) is 0 Å². The van der Waals surface area contributed by atoms with E-state index in [2.05, 4.69) is 22.5 Å². The van der Waals surface area contributed by atoms with Gasteiger partial charge in [-0.2, -0.15) is 0 Å². The maximum atomic E-state index is 11.8. The van der Waals surface area contributed by atoms with Crippen LogP contribution in [-0.2, 0) is 4.74 Å². The van der Waals surface area contributed by atoms with Crippen LogP contribution in [0, 0.1) is 5.92 Å². The fourth-order valence-corrected chi connectivity index (χ4v) is 3.75. The van der Waals surface area contributed by atoms with Crippen molar-refractivity contribution in [3.63, 3.8) is 0 Å². The summed E-state index contributed by atoms with van der Waals surface area (Å²) in [5.41, 5.74) is -0.422. The maximum absolute atomic E-state index is 11.8. The first-order valence-electron chi connectivity index (χ1n) is 9.77. The molecule has 1 atom stereocenters. The molecular weight excluding hydrogens is 302 g/mol. The molecule has 1 amide bonds. The Morgan fingerprint density at radius 2 is 1.71 bits per heavy atom. The van der Waals surface area contributed by atoms with Crippen LogP contribution >= 0.6 is 0 Å². The number of hydrogen-bond acceptors (Lipinski definition) is 4. The van der Waals surface area contributed by atoms with Gasteiger partial charge in [0.05, 0.1) is 0 Å². The molecule has 0 aromatic heterocycles.